The third-order valence-electron chi connectivity index (χ3n) is 19.5. The molecule has 139 heavy (non-hydrogen) atoms. The Balaban J connectivity index is 0.00000152. The zero-order valence-electron chi connectivity index (χ0n) is 83.7. The number of thiazole rings is 10. The van der Waals surface area contributed by atoms with Crippen molar-refractivity contribution in [1.82, 2.24) is 49.8 Å². The number of aromatic nitrogens is 11. The molecule has 0 aliphatic carbocycles. The Morgan fingerprint density at radius 1 is 0.266 bits per heavy atom. The van der Waals surface area contributed by atoms with Crippen LogP contribution in [0.5, 0.6) is 0 Å². The van der Waals surface area contributed by atoms with Crippen LogP contribution in [0.15, 0.2) is 85.7 Å². The number of hydrogen-bond acceptors (Lipinski definition) is 37. The van der Waals surface area contributed by atoms with Crippen LogP contribution in [0.3, 0.4) is 0 Å². The number of carbonyl (C=O) groups is 10. The van der Waals surface area contributed by atoms with Crippen molar-refractivity contribution in [2.75, 3.05) is 43.7 Å². The molecule has 770 valence electrons. The molecule has 11 heterocycles. The number of ether oxygens (including phenoxy) is 4. The number of ketones is 3. The molecule has 11 aromatic heterocycles. The highest BCUT2D eigenvalue weighted by Gasteiger charge is 2.15. The van der Waals surface area contributed by atoms with Crippen molar-refractivity contribution < 1.29 is 88.4 Å². The Bertz CT molecular complexity index is 4510. The molecule has 0 aromatic carbocycles. The van der Waals surface area contributed by atoms with E-state index in [0.717, 1.165) is 183 Å². The quantitative estimate of drug-likeness (QED) is 0.0194. The first-order valence-electron chi connectivity index (χ1n) is 46.4. The number of carbonyl (C=O) groups excluding carboxylic acids is 10. The second-order valence-electron chi connectivity index (χ2n) is 30.1. The van der Waals surface area contributed by atoms with Gasteiger partial charge in [0.15, 0.2) is 27.7 Å². The summed E-state index contributed by atoms with van der Waals surface area (Å²) in [6, 6.07) is 5.68. The van der Waals surface area contributed by atoms with Gasteiger partial charge in [-0.3, -0.25) is 43.2 Å². The summed E-state index contributed by atoms with van der Waals surface area (Å²) >= 11 is 20.8. The van der Waals surface area contributed by atoms with E-state index in [1.54, 1.807) is 139 Å². The lowest BCUT2D eigenvalue weighted by Crippen LogP contribution is -3.00. The van der Waals surface area contributed by atoms with E-state index in [4.69, 9.17) is 18.9 Å². The van der Waals surface area contributed by atoms with Crippen LogP contribution in [0.4, 0.5) is 0 Å². The predicted octanol–water partition coefficient (Wildman–Crippen LogP) is 22.0. The van der Waals surface area contributed by atoms with Gasteiger partial charge >= 0.3 is 23.9 Å². The van der Waals surface area contributed by atoms with Gasteiger partial charge in [0.25, 0.3) is 0 Å². The Morgan fingerprint density at radius 2 is 0.489 bits per heavy atom. The van der Waals surface area contributed by atoms with Crippen LogP contribution in [0.25, 0.3) is 0 Å². The molecule has 0 amide bonds. The molecule has 11 rings (SSSR count). The number of halogens is 1. The first kappa shape index (κ1) is 132. The van der Waals surface area contributed by atoms with Gasteiger partial charge < -0.3 is 35.9 Å². The van der Waals surface area contributed by atoms with Crippen molar-refractivity contribution in [1.29, 1.82) is 0 Å². The molecule has 0 saturated heterocycles. The summed E-state index contributed by atoms with van der Waals surface area (Å²) in [7, 11) is 0. The van der Waals surface area contributed by atoms with E-state index in [9.17, 15) is 47.9 Å². The lowest BCUT2D eigenvalue weighted by molar-refractivity contribution is -0.686. The zero-order valence-corrected chi connectivity index (χ0v) is 95.9. The fourth-order valence-electron chi connectivity index (χ4n) is 11.1. The maximum atomic E-state index is 11.6. The minimum Gasteiger partial charge on any atom is -1.00 e. The van der Waals surface area contributed by atoms with Crippen molar-refractivity contribution >= 4 is 205 Å². The molecule has 0 aliphatic rings. The van der Waals surface area contributed by atoms with Crippen LogP contribution in [0.1, 0.15) is 285 Å². The average molecular weight is 2220 g/mol. The molecule has 0 aliphatic heterocycles. The first-order valence-corrected chi connectivity index (χ1v) is 58.1. The number of aryl methyl sites for hydroxylation is 16. The predicted molar refractivity (Wildman–Crippen MR) is 580 cm³/mol. The molecular formula is C100H146BrN11O14S13. The molecule has 0 spiro atoms. The number of hydrogen-bond donors (Lipinski definition) is 0. The second kappa shape index (κ2) is 83.2. The molecular weight excluding hydrogens is 2080 g/mol. The average Bonchev–Trinajstić information content (AvgIpc) is 1.88. The van der Waals surface area contributed by atoms with E-state index in [-0.39, 0.29) is 65.1 Å². The summed E-state index contributed by atoms with van der Waals surface area (Å²) in [5.74, 6) is 3.16. The fraction of sp³-hybridized carbons (Fsp3) is 0.550. The summed E-state index contributed by atoms with van der Waals surface area (Å²) in [4.78, 5) is 165. The van der Waals surface area contributed by atoms with Gasteiger partial charge in [0, 0.05) is 181 Å². The van der Waals surface area contributed by atoms with Crippen LogP contribution < -0.4 is 21.5 Å². The van der Waals surface area contributed by atoms with Gasteiger partial charge in [-0.1, -0.05) is 111 Å². The van der Waals surface area contributed by atoms with Crippen molar-refractivity contribution in [3.63, 3.8) is 0 Å². The number of rotatable bonds is 46. The summed E-state index contributed by atoms with van der Waals surface area (Å²) in [5, 5.41) is 0.874. The van der Waals surface area contributed by atoms with E-state index in [1.807, 2.05) is 196 Å². The van der Waals surface area contributed by atoms with Gasteiger partial charge in [-0.2, -0.15) is 4.57 Å². The Kier molecular flexibility index (Phi) is 79.0. The van der Waals surface area contributed by atoms with Gasteiger partial charge in [-0.15, -0.1) is 113 Å². The largest absolute Gasteiger partial charge is 1.00 e. The highest BCUT2D eigenvalue weighted by atomic mass is 79.9. The Hall–Kier alpha value is -7.12. The second-order valence-corrected chi connectivity index (χ2v) is 43.0. The summed E-state index contributed by atoms with van der Waals surface area (Å²) in [5.41, 5.74) is 29.3. The van der Waals surface area contributed by atoms with Gasteiger partial charge in [-0.05, 0) is 140 Å². The molecule has 0 radical (unpaired) electrons. The minimum atomic E-state index is -0.214. The molecule has 0 N–H and O–H groups in total. The van der Waals surface area contributed by atoms with E-state index >= 15 is 0 Å². The monoisotopic (exact) mass is 2220 g/mol. The summed E-state index contributed by atoms with van der Waals surface area (Å²) < 4.78 is 21.9. The third kappa shape index (κ3) is 63.6. The Labute approximate surface area is 889 Å². The highest BCUT2D eigenvalue weighted by Crippen LogP contribution is 2.24. The van der Waals surface area contributed by atoms with Crippen molar-refractivity contribution in [2.45, 2.75) is 319 Å². The fourth-order valence-corrected chi connectivity index (χ4v) is 21.7. The van der Waals surface area contributed by atoms with Crippen LogP contribution >= 0.6 is 149 Å². The standard InChI is InChI=1S/C13H15N2O2S.C11H17NOS.C10H15NOS2.2C10H15NOS.3C9H13NO2S.2C9H13NOS2.CH4.BrH/c1-11-12(18-10-14-11)5-8-17-13(16)9-15-6-3-2-4-7-15;1-3-5-10(13)6-4-7-11-9(2)12-8-14-11;1-3-4-10(12)13-6-5-9-8(2)11-7-14-9;2*1-3-9(12)5-4-6-10-8(2)11-7-13-10;5*1-3-9(11)12-5-4-8-7(2)10-6-13-8;;/h2-4,6-7,10H,5,8-9H2,1H3;8H,3-7H2,1-2H3;7H,3-6H2,1-2H3;2*7H,3-6H2,1-2H3;5*6H,3-5H2,1-2H3;1H4;1H/q+1;;;;;;;;;;;/p-1. The van der Waals surface area contributed by atoms with Gasteiger partial charge in [-0.25, -0.2) is 54.6 Å². The molecule has 0 unspecified atom stereocenters. The molecule has 0 saturated carbocycles. The van der Waals surface area contributed by atoms with Crippen molar-refractivity contribution in [2.24, 2.45) is 0 Å². The maximum Gasteiger partial charge on any atom is 0.372 e. The lowest BCUT2D eigenvalue weighted by atomic mass is 10.1. The minimum absolute atomic E-state index is 0. The van der Waals surface area contributed by atoms with Crippen LogP contribution in [-0.2, 0) is 138 Å². The highest BCUT2D eigenvalue weighted by molar-refractivity contribution is 8.14. The SMILES string of the molecule is C.CCC(=O)CCCc1scnc1C.CCC(=O)CCCc1scnc1C.CCC(=O)OCCc1scnc1C.CCC(=O)OCCc1scnc1C.CCC(=O)OCCc1scnc1C.CCC(=O)SCCc1scnc1C.CCC(=O)SCCc1scnc1C.CCCC(=O)CCCc1scnc1C.CCCC(=O)SCCc1scnc1C.Cc1ncsc1CCOC(=O)C[n+]1ccccc1.[Br-]. The molecule has 0 atom stereocenters. The molecule has 39 heteroatoms. The van der Waals surface area contributed by atoms with Crippen LogP contribution in [0.2, 0.25) is 0 Å². The van der Waals surface area contributed by atoms with Crippen molar-refractivity contribution in [3.8, 4) is 0 Å². The van der Waals surface area contributed by atoms with E-state index in [2.05, 4.69) is 49.8 Å². The summed E-state index contributed by atoms with van der Waals surface area (Å²) in [6.07, 6.45) is 25.0. The van der Waals surface area contributed by atoms with E-state index in [0.29, 0.717) is 113 Å². The number of thioether (sulfide) groups is 3. The Morgan fingerprint density at radius 3 is 0.705 bits per heavy atom. The molecule has 0 fully saturated rings. The van der Waals surface area contributed by atoms with Gasteiger partial charge in [0.2, 0.25) is 6.54 Å². The smallest absolute Gasteiger partial charge is 0.372 e. The van der Waals surface area contributed by atoms with Gasteiger partial charge in [0.1, 0.15) is 17.3 Å². The first-order chi connectivity index (χ1) is 65.9. The van der Waals surface area contributed by atoms with Gasteiger partial charge in [0.05, 0.1) is 138 Å². The van der Waals surface area contributed by atoms with E-state index < -0.39 is 0 Å². The molecule has 25 nitrogen and oxygen atoms in total. The molecule has 0 bridgehead atoms. The molecule has 11 aromatic rings. The number of Topliss-reactive ketones (excluding diaryl/α,β-unsaturated/α-hetero) is 3. The van der Waals surface area contributed by atoms with Crippen molar-refractivity contribution in [3.05, 3.63) is 191 Å². The topological polar surface area (TPSA) is 340 Å². The number of pyridine rings is 1. The van der Waals surface area contributed by atoms with E-state index in [1.165, 1.54) is 84.1 Å². The summed E-state index contributed by atoms with van der Waals surface area (Å²) in [6.45, 7) is 39.1. The maximum absolute atomic E-state index is 11.6. The van der Waals surface area contributed by atoms with Crippen LogP contribution in [-0.4, -0.2) is 150 Å². The van der Waals surface area contributed by atoms with Crippen LogP contribution in [0, 0.1) is 69.2 Å². The third-order valence-corrected chi connectivity index (χ3v) is 32.4. The number of nitrogens with zero attached hydrogens (tertiary/aromatic N) is 11. The zero-order chi connectivity index (χ0) is 101. The normalized spacial score (nSPS) is 10.1. The lowest BCUT2D eigenvalue weighted by Gasteiger charge is -2.02. The number of esters is 4.